The first-order chi connectivity index (χ1) is 12.3. The van der Waals surface area contributed by atoms with E-state index in [1.54, 1.807) is 0 Å². The Morgan fingerprint density at radius 1 is 0.960 bits per heavy atom. The van der Waals surface area contributed by atoms with Crippen LogP contribution in [-0.4, -0.2) is 16.3 Å². The van der Waals surface area contributed by atoms with E-state index >= 15 is 0 Å². The minimum absolute atomic E-state index is 0.0984. The zero-order valence-electron chi connectivity index (χ0n) is 14.9. The molecular formula is C20H30Cl2NPPd. The van der Waals surface area contributed by atoms with Crippen LogP contribution in [0, 0.1) is 0 Å². The second-order valence-electron chi connectivity index (χ2n) is 6.99. The summed E-state index contributed by atoms with van der Waals surface area (Å²) >= 11 is -0.106. The SMILES string of the molecule is C(=CP(C1CCCCC1)C1CCCCC1)Cc1ccccn1.[Cl][Pd][Cl]. The number of nitrogens with zero attached hydrogens (tertiary/aromatic N) is 1. The molecule has 2 fully saturated rings. The predicted molar refractivity (Wildman–Crippen MR) is 109 cm³/mol. The van der Waals surface area contributed by atoms with Crippen LogP contribution < -0.4 is 0 Å². The van der Waals surface area contributed by atoms with Gasteiger partial charge in [-0.2, -0.15) is 0 Å². The standard InChI is InChI=1S/C20H30NP.2ClH.Pd/c1-3-12-19(13-4-1)22(20-14-5-2-6-15-20)17-9-11-18-10-7-8-16-21-18;;;/h7-10,16-17,19-20H,1-6,11-15H2;2*1H;/q;;;+2/p-2. The summed E-state index contributed by atoms with van der Waals surface area (Å²) in [6.07, 6.45) is 20.2. The number of hydrogen-bond acceptors (Lipinski definition) is 1. The fraction of sp³-hybridized carbons (Fsp3) is 0.650. The molecule has 0 radical (unpaired) electrons. The van der Waals surface area contributed by atoms with Gasteiger partial charge in [-0.1, -0.05) is 64.4 Å². The summed E-state index contributed by atoms with van der Waals surface area (Å²) in [6, 6.07) is 6.25. The van der Waals surface area contributed by atoms with Crippen molar-refractivity contribution in [3.8, 4) is 0 Å². The van der Waals surface area contributed by atoms with E-state index in [2.05, 4.69) is 29.0 Å². The van der Waals surface area contributed by atoms with E-state index < -0.39 is 0 Å². The number of aromatic nitrogens is 1. The van der Waals surface area contributed by atoms with E-state index in [1.807, 2.05) is 12.3 Å². The normalized spacial score (nSPS) is 20.0. The Labute approximate surface area is 171 Å². The molecule has 1 aromatic rings. The first-order valence-corrected chi connectivity index (χ1v) is 15.1. The second-order valence-corrected chi connectivity index (χ2v) is 12.0. The van der Waals surface area contributed by atoms with Gasteiger partial charge < -0.3 is 0 Å². The van der Waals surface area contributed by atoms with Crippen molar-refractivity contribution in [2.24, 2.45) is 0 Å². The van der Waals surface area contributed by atoms with Gasteiger partial charge in [0.15, 0.2) is 0 Å². The van der Waals surface area contributed by atoms with Crippen LogP contribution >= 0.6 is 27.0 Å². The van der Waals surface area contributed by atoms with Gasteiger partial charge in [0.25, 0.3) is 0 Å². The van der Waals surface area contributed by atoms with Crippen LogP contribution in [0.4, 0.5) is 0 Å². The summed E-state index contributed by atoms with van der Waals surface area (Å²) in [5, 5.41) is 0. The Hall–Kier alpha value is 0.562. The van der Waals surface area contributed by atoms with Gasteiger partial charge in [0.2, 0.25) is 0 Å². The van der Waals surface area contributed by atoms with Gasteiger partial charge in [0.1, 0.15) is 0 Å². The maximum absolute atomic E-state index is 4.81. The molecule has 0 amide bonds. The molecule has 0 aromatic carbocycles. The zero-order valence-corrected chi connectivity index (χ0v) is 18.8. The molecule has 2 saturated carbocycles. The number of rotatable bonds is 5. The van der Waals surface area contributed by atoms with E-state index in [0.29, 0.717) is 0 Å². The monoisotopic (exact) mass is 491 g/mol. The summed E-state index contributed by atoms with van der Waals surface area (Å²) in [7, 11) is 9.73. The molecule has 0 aliphatic heterocycles. The Morgan fingerprint density at radius 2 is 1.52 bits per heavy atom. The van der Waals surface area contributed by atoms with E-state index in [9.17, 15) is 0 Å². The first-order valence-electron chi connectivity index (χ1n) is 9.51. The summed E-state index contributed by atoms with van der Waals surface area (Å²) < 4.78 is 0. The fourth-order valence-electron chi connectivity index (χ4n) is 4.11. The van der Waals surface area contributed by atoms with Crippen molar-refractivity contribution in [3.05, 3.63) is 42.0 Å². The third-order valence-corrected chi connectivity index (χ3v) is 8.60. The number of allylic oxidation sites excluding steroid dienone is 1. The van der Waals surface area contributed by atoms with Crippen LogP contribution in [0.2, 0.25) is 0 Å². The van der Waals surface area contributed by atoms with Crippen LogP contribution in [0.3, 0.4) is 0 Å². The van der Waals surface area contributed by atoms with Gasteiger partial charge in [0.05, 0.1) is 0 Å². The summed E-state index contributed by atoms with van der Waals surface area (Å²) in [4.78, 5) is 4.46. The average Bonchev–Trinajstić information content (AvgIpc) is 2.68. The van der Waals surface area contributed by atoms with E-state index in [-0.39, 0.29) is 23.9 Å². The molecule has 1 aromatic heterocycles. The number of hydrogen-bond donors (Lipinski definition) is 0. The minimum atomic E-state index is -0.106. The van der Waals surface area contributed by atoms with Crippen molar-refractivity contribution in [3.63, 3.8) is 0 Å². The number of pyridine rings is 1. The molecule has 1 heterocycles. The van der Waals surface area contributed by atoms with Gasteiger partial charge in [-0.05, 0) is 49.1 Å². The van der Waals surface area contributed by atoms with Gasteiger partial charge in [0, 0.05) is 18.3 Å². The molecule has 2 aliphatic rings. The molecule has 0 spiro atoms. The zero-order chi connectivity index (χ0) is 17.7. The van der Waals surface area contributed by atoms with Gasteiger partial charge in [-0.3, -0.25) is 4.98 Å². The molecule has 144 valence electrons. The maximum atomic E-state index is 4.81. The van der Waals surface area contributed by atoms with E-state index in [4.69, 9.17) is 19.1 Å². The third-order valence-electron chi connectivity index (χ3n) is 5.32. The molecule has 3 rings (SSSR count). The van der Waals surface area contributed by atoms with Crippen molar-refractivity contribution in [1.82, 2.24) is 4.98 Å². The molecule has 2 aliphatic carbocycles. The topological polar surface area (TPSA) is 12.9 Å². The quantitative estimate of drug-likeness (QED) is 0.304. The Kier molecular flexibility index (Phi) is 12.0. The van der Waals surface area contributed by atoms with E-state index in [0.717, 1.165) is 17.7 Å². The van der Waals surface area contributed by atoms with Crippen LogP contribution in [0.25, 0.3) is 0 Å². The molecule has 0 saturated heterocycles. The van der Waals surface area contributed by atoms with Gasteiger partial charge >= 0.3 is 35.0 Å². The predicted octanol–water partition coefficient (Wildman–Crippen LogP) is 7.66. The Balaban J connectivity index is 0.000000701. The van der Waals surface area contributed by atoms with Gasteiger partial charge in [-0.15, -0.1) is 0 Å². The Morgan fingerprint density at radius 3 is 2.00 bits per heavy atom. The van der Waals surface area contributed by atoms with Crippen molar-refractivity contribution < 1.29 is 15.9 Å². The first kappa shape index (κ1) is 21.9. The van der Waals surface area contributed by atoms with Crippen LogP contribution in [0.15, 0.2) is 36.3 Å². The van der Waals surface area contributed by atoms with Crippen LogP contribution in [0.1, 0.15) is 69.9 Å². The van der Waals surface area contributed by atoms with Gasteiger partial charge in [-0.25, -0.2) is 0 Å². The molecular weight excluding hydrogens is 463 g/mol. The molecule has 0 unspecified atom stereocenters. The average molecular weight is 493 g/mol. The van der Waals surface area contributed by atoms with Crippen LogP contribution in [-0.2, 0) is 22.4 Å². The van der Waals surface area contributed by atoms with Crippen molar-refractivity contribution in [2.45, 2.75) is 81.9 Å². The summed E-state index contributed by atoms with van der Waals surface area (Å²) in [5.74, 6) is 2.65. The summed E-state index contributed by atoms with van der Waals surface area (Å²) in [6.45, 7) is 0. The summed E-state index contributed by atoms with van der Waals surface area (Å²) in [5.41, 5.74) is 3.25. The third kappa shape index (κ3) is 8.41. The molecule has 25 heavy (non-hydrogen) atoms. The molecule has 0 atom stereocenters. The van der Waals surface area contributed by atoms with Crippen LogP contribution in [0.5, 0.6) is 0 Å². The Bertz CT molecular complexity index is 456. The number of halogens is 2. The fourth-order valence-corrected chi connectivity index (χ4v) is 7.47. The van der Waals surface area contributed by atoms with Crippen molar-refractivity contribution in [1.29, 1.82) is 0 Å². The van der Waals surface area contributed by atoms with Crippen molar-refractivity contribution >= 4 is 27.0 Å². The molecule has 0 N–H and O–H groups in total. The van der Waals surface area contributed by atoms with E-state index in [1.165, 1.54) is 69.9 Å². The second kappa shape index (κ2) is 13.7. The van der Waals surface area contributed by atoms with Crippen molar-refractivity contribution in [2.75, 3.05) is 0 Å². The molecule has 1 nitrogen and oxygen atoms in total. The molecule has 0 bridgehead atoms. The molecule has 5 heteroatoms.